The van der Waals surface area contributed by atoms with E-state index in [1.54, 1.807) is 11.0 Å². The molecule has 1 rings (SSSR count). The normalized spacial score (nSPS) is 11.6. The lowest BCUT2D eigenvalue weighted by atomic mass is 9.99. The Morgan fingerprint density at radius 1 is 1.21 bits per heavy atom. The van der Waals surface area contributed by atoms with Gasteiger partial charge in [-0.1, -0.05) is 36.4 Å². The van der Waals surface area contributed by atoms with Crippen LogP contribution in [0.4, 0.5) is 0 Å². The van der Waals surface area contributed by atoms with Gasteiger partial charge in [0.05, 0.1) is 19.1 Å². The third-order valence-corrected chi connectivity index (χ3v) is 3.59. The van der Waals surface area contributed by atoms with E-state index in [9.17, 15) is 14.7 Å². The summed E-state index contributed by atoms with van der Waals surface area (Å²) in [6, 6.07) is 9.49. The minimum Gasteiger partial charge on any atom is -0.395 e. The van der Waals surface area contributed by atoms with Gasteiger partial charge in [0.1, 0.15) is 0 Å². The highest BCUT2D eigenvalue weighted by atomic mass is 16.3. The summed E-state index contributed by atoms with van der Waals surface area (Å²) in [7, 11) is 0. The molecule has 0 fully saturated rings. The quantitative estimate of drug-likeness (QED) is 0.520. The van der Waals surface area contributed by atoms with Crippen LogP contribution in [-0.2, 0) is 16.1 Å². The SMILES string of the molecule is C=CC[C@H](CC(=O)N(CCO)Cc1ccccc1)C(=O)NCCO. The van der Waals surface area contributed by atoms with Crippen molar-refractivity contribution in [2.45, 2.75) is 19.4 Å². The van der Waals surface area contributed by atoms with Gasteiger partial charge in [-0.05, 0) is 12.0 Å². The molecule has 0 heterocycles. The molecule has 0 bridgehead atoms. The van der Waals surface area contributed by atoms with Crippen molar-refractivity contribution in [2.75, 3.05) is 26.3 Å². The van der Waals surface area contributed by atoms with Crippen LogP contribution < -0.4 is 5.32 Å². The molecule has 0 saturated carbocycles. The molecule has 6 nitrogen and oxygen atoms in total. The number of aliphatic hydroxyl groups is 2. The number of nitrogens with one attached hydrogen (secondary N) is 1. The highest BCUT2D eigenvalue weighted by molar-refractivity contribution is 5.86. The molecule has 0 aliphatic heterocycles. The molecule has 0 saturated heterocycles. The van der Waals surface area contributed by atoms with Crippen molar-refractivity contribution < 1.29 is 19.8 Å². The molecule has 0 aliphatic carbocycles. The maximum Gasteiger partial charge on any atom is 0.224 e. The summed E-state index contributed by atoms with van der Waals surface area (Å²) in [6.07, 6.45) is 2.02. The number of benzene rings is 1. The van der Waals surface area contributed by atoms with Gasteiger partial charge in [0.25, 0.3) is 0 Å². The first-order valence-electron chi connectivity index (χ1n) is 8.04. The van der Waals surface area contributed by atoms with Gasteiger partial charge in [0.2, 0.25) is 11.8 Å². The van der Waals surface area contributed by atoms with Crippen molar-refractivity contribution >= 4 is 11.8 Å². The fourth-order valence-electron chi connectivity index (χ4n) is 2.36. The number of aliphatic hydroxyl groups excluding tert-OH is 2. The molecule has 24 heavy (non-hydrogen) atoms. The Kier molecular flexibility index (Phi) is 9.41. The molecule has 3 N–H and O–H groups in total. The zero-order chi connectivity index (χ0) is 17.8. The highest BCUT2D eigenvalue weighted by Crippen LogP contribution is 2.14. The van der Waals surface area contributed by atoms with Crippen LogP contribution in [0, 0.1) is 5.92 Å². The number of amides is 2. The van der Waals surface area contributed by atoms with Crippen LogP contribution in [0.5, 0.6) is 0 Å². The Morgan fingerprint density at radius 2 is 1.92 bits per heavy atom. The highest BCUT2D eigenvalue weighted by Gasteiger charge is 2.23. The maximum atomic E-state index is 12.6. The molecule has 1 aromatic rings. The minimum absolute atomic E-state index is 0.0378. The second kappa shape index (κ2) is 11.4. The summed E-state index contributed by atoms with van der Waals surface area (Å²) in [5.74, 6) is -1.00. The van der Waals surface area contributed by atoms with E-state index in [-0.39, 0.29) is 44.5 Å². The van der Waals surface area contributed by atoms with Crippen LogP contribution in [0.2, 0.25) is 0 Å². The average Bonchev–Trinajstić information content (AvgIpc) is 2.59. The van der Waals surface area contributed by atoms with E-state index in [2.05, 4.69) is 11.9 Å². The first-order valence-corrected chi connectivity index (χ1v) is 8.04. The maximum absolute atomic E-state index is 12.6. The monoisotopic (exact) mass is 334 g/mol. The lowest BCUT2D eigenvalue weighted by Crippen LogP contribution is -2.38. The standard InChI is InChI=1S/C18H26N2O4/c1-2-6-16(18(24)19-9-11-21)13-17(23)20(10-12-22)14-15-7-4-3-5-8-15/h2-5,7-8,16,21-22H,1,6,9-14H2,(H,19,24)/t16-/m1/s1. The first kappa shape index (κ1) is 19.9. The first-order chi connectivity index (χ1) is 11.6. The molecular weight excluding hydrogens is 308 g/mol. The topological polar surface area (TPSA) is 89.9 Å². The van der Waals surface area contributed by atoms with E-state index >= 15 is 0 Å². The summed E-state index contributed by atoms with van der Waals surface area (Å²) in [5, 5.41) is 20.6. The predicted octanol–water partition coefficient (Wildman–Crippen LogP) is 0.698. The molecule has 0 spiro atoms. The summed E-state index contributed by atoms with van der Waals surface area (Å²) < 4.78 is 0. The predicted molar refractivity (Wildman–Crippen MR) is 92.0 cm³/mol. The number of rotatable bonds is 11. The molecular formula is C18H26N2O4. The van der Waals surface area contributed by atoms with Gasteiger partial charge in [-0.15, -0.1) is 6.58 Å². The van der Waals surface area contributed by atoms with Gasteiger partial charge in [-0.2, -0.15) is 0 Å². The van der Waals surface area contributed by atoms with Crippen LogP contribution >= 0.6 is 0 Å². The van der Waals surface area contributed by atoms with Crippen LogP contribution in [0.15, 0.2) is 43.0 Å². The molecule has 1 aromatic carbocycles. The number of allylic oxidation sites excluding steroid dienone is 1. The smallest absolute Gasteiger partial charge is 0.224 e. The van der Waals surface area contributed by atoms with Crippen LogP contribution in [0.3, 0.4) is 0 Å². The van der Waals surface area contributed by atoms with E-state index in [1.807, 2.05) is 30.3 Å². The number of nitrogens with zero attached hydrogens (tertiary/aromatic N) is 1. The van der Waals surface area contributed by atoms with E-state index in [0.29, 0.717) is 13.0 Å². The second-order valence-electron chi connectivity index (χ2n) is 5.46. The number of hydrogen-bond acceptors (Lipinski definition) is 4. The van der Waals surface area contributed by atoms with Crippen molar-refractivity contribution in [3.05, 3.63) is 48.6 Å². The minimum atomic E-state index is -0.529. The molecule has 1 atom stereocenters. The summed E-state index contributed by atoms with van der Waals surface area (Å²) >= 11 is 0. The van der Waals surface area contributed by atoms with Crippen LogP contribution in [0.1, 0.15) is 18.4 Å². The summed E-state index contributed by atoms with van der Waals surface area (Å²) in [5.41, 5.74) is 0.962. The van der Waals surface area contributed by atoms with Gasteiger partial charge in [0, 0.05) is 26.1 Å². The third kappa shape index (κ3) is 6.93. The van der Waals surface area contributed by atoms with E-state index in [4.69, 9.17) is 5.11 Å². The van der Waals surface area contributed by atoms with Gasteiger partial charge >= 0.3 is 0 Å². The number of carbonyl (C=O) groups excluding carboxylic acids is 2. The van der Waals surface area contributed by atoms with Crippen molar-refractivity contribution in [1.82, 2.24) is 10.2 Å². The van der Waals surface area contributed by atoms with Gasteiger partial charge in [-0.3, -0.25) is 9.59 Å². The summed E-state index contributed by atoms with van der Waals surface area (Å²) in [4.78, 5) is 26.2. The lowest BCUT2D eigenvalue weighted by molar-refractivity contribution is -0.137. The largest absolute Gasteiger partial charge is 0.395 e. The number of hydrogen-bond donors (Lipinski definition) is 3. The van der Waals surface area contributed by atoms with E-state index in [1.165, 1.54) is 0 Å². The van der Waals surface area contributed by atoms with Gasteiger partial charge in [0.15, 0.2) is 0 Å². The molecule has 0 aliphatic rings. The molecule has 132 valence electrons. The zero-order valence-corrected chi connectivity index (χ0v) is 13.9. The third-order valence-electron chi connectivity index (χ3n) is 3.59. The summed E-state index contributed by atoms with van der Waals surface area (Å²) in [6.45, 7) is 4.10. The Bertz CT molecular complexity index is 519. The van der Waals surface area contributed by atoms with Gasteiger partial charge < -0.3 is 20.4 Å². The second-order valence-corrected chi connectivity index (χ2v) is 5.46. The molecule has 0 aromatic heterocycles. The Morgan fingerprint density at radius 3 is 2.50 bits per heavy atom. The van der Waals surface area contributed by atoms with Crippen LogP contribution in [0.25, 0.3) is 0 Å². The fourth-order valence-corrected chi connectivity index (χ4v) is 2.36. The molecule has 2 amide bonds. The van der Waals surface area contributed by atoms with Crippen molar-refractivity contribution in [3.8, 4) is 0 Å². The Balaban J connectivity index is 2.72. The Labute approximate surface area is 142 Å². The lowest BCUT2D eigenvalue weighted by Gasteiger charge is -2.24. The molecule has 0 unspecified atom stereocenters. The zero-order valence-electron chi connectivity index (χ0n) is 13.9. The molecule has 0 radical (unpaired) electrons. The van der Waals surface area contributed by atoms with Crippen LogP contribution in [-0.4, -0.2) is 53.2 Å². The van der Waals surface area contributed by atoms with Crippen molar-refractivity contribution in [2.24, 2.45) is 5.92 Å². The fraction of sp³-hybridized carbons (Fsp3) is 0.444. The van der Waals surface area contributed by atoms with Crippen molar-refractivity contribution in [3.63, 3.8) is 0 Å². The average molecular weight is 334 g/mol. The van der Waals surface area contributed by atoms with E-state index < -0.39 is 5.92 Å². The van der Waals surface area contributed by atoms with E-state index in [0.717, 1.165) is 5.56 Å². The number of carbonyl (C=O) groups is 2. The van der Waals surface area contributed by atoms with Crippen molar-refractivity contribution in [1.29, 1.82) is 0 Å². The molecule has 6 heteroatoms. The van der Waals surface area contributed by atoms with Gasteiger partial charge in [-0.25, -0.2) is 0 Å². The Hall–Kier alpha value is -2.18.